The van der Waals surface area contributed by atoms with E-state index < -0.39 is 27.2 Å². The Labute approximate surface area is 179 Å². The highest BCUT2D eigenvalue weighted by molar-refractivity contribution is 5.99. The van der Waals surface area contributed by atoms with Crippen LogP contribution in [0.2, 0.25) is 0 Å². The molecule has 2 fully saturated rings. The standard InChI is InChI=1S/C20H26N4O7/c1-13-4-3-7-22(12-13)19(25)14-5-8-21(9-6-14)18-16(20(26)31-2)10-15(23(27)28)11-17(18)24(29)30/h10-11,13-14H,3-9,12H2,1-2H3. The van der Waals surface area contributed by atoms with Gasteiger partial charge in [-0.05, 0) is 31.6 Å². The van der Waals surface area contributed by atoms with Gasteiger partial charge in [-0.2, -0.15) is 0 Å². The van der Waals surface area contributed by atoms with Crippen LogP contribution in [0.15, 0.2) is 12.1 Å². The van der Waals surface area contributed by atoms with Gasteiger partial charge in [0.05, 0.1) is 28.6 Å². The first-order valence-corrected chi connectivity index (χ1v) is 10.3. The molecular formula is C20H26N4O7. The zero-order valence-corrected chi connectivity index (χ0v) is 17.6. The molecule has 2 heterocycles. The van der Waals surface area contributed by atoms with Crippen molar-refractivity contribution < 1.29 is 24.2 Å². The van der Waals surface area contributed by atoms with Crippen LogP contribution in [0.3, 0.4) is 0 Å². The second-order valence-corrected chi connectivity index (χ2v) is 8.16. The SMILES string of the molecule is COC(=O)c1cc([N+](=O)[O-])cc([N+](=O)[O-])c1N1CCC(C(=O)N2CCCC(C)C2)CC1. The van der Waals surface area contributed by atoms with Crippen LogP contribution in [0.1, 0.15) is 43.0 Å². The van der Waals surface area contributed by atoms with E-state index in [1.807, 2.05) is 4.90 Å². The average Bonchev–Trinajstić information content (AvgIpc) is 2.77. The van der Waals surface area contributed by atoms with Crippen LogP contribution >= 0.6 is 0 Å². The normalized spacial score (nSPS) is 19.7. The first-order valence-electron chi connectivity index (χ1n) is 10.3. The number of benzene rings is 1. The minimum Gasteiger partial charge on any atom is -0.465 e. The fraction of sp³-hybridized carbons (Fsp3) is 0.600. The number of rotatable bonds is 5. The van der Waals surface area contributed by atoms with Crippen molar-refractivity contribution in [2.24, 2.45) is 11.8 Å². The number of carbonyl (C=O) groups excluding carboxylic acids is 2. The predicted molar refractivity (Wildman–Crippen MR) is 111 cm³/mol. The number of nitro groups is 2. The maximum atomic E-state index is 12.9. The number of hydrogen-bond acceptors (Lipinski definition) is 8. The lowest BCUT2D eigenvalue weighted by Crippen LogP contribution is -2.46. The van der Waals surface area contributed by atoms with Crippen LogP contribution in [-0.2, 0) is 9.53 Å². The number of carbonyl (C=O) groups is 2. The van der Waals surface area contributed by atoms with E-state index in [9.17, 15) is 29.8 Å². The van der Waals surface area contributed by atoms with E-state index in [1.165, 1.54) is 0 Å². The van der Waals surface area contributed by atoms with Gasteiger partial charge < -0.3 is 14.5 Å². The molecule has 1 unspecified atom stereocenters. The Balaban J connectivity index is 1.85. The third kappa shape index (κ3) is 4.75. The number of piperidine rings is 2. The van der Waals surface area contributed by atoms with Crippen molar-refractivity contribution in [2.75, 3.05) is 38.2 Å². The van der Waals surface area contributed by atoms with Gasteiger partial charge in [-0.1, -0.05) is 6.92 Å². The van der Waals surface area contributed by atoms with E-state index in [4.69, 9.17) is 4.74 Å². The number of likely N-dealkylation sites (tertiary alicyclic amines) is 1. The summed E-state index contributed by atoms with van der Waals surface area (Å²) < 4.78 is 4.71. The molecule has 2 aliphatic heterocycles. The van der Waals surface area contributed by atoms with E-state index in [0.717, 1.165) is 45.2 Å². The lowest BCUT2D eigenvalue weighted by molar-refractivity contribution is -0.393. The molecule has 0 spiro atoms. The Bertz CT molecular complexity index is 896. The van der Waals surface area contributed by atoms with E-state index in [1.54, 1.807) is 4.90 Å². The number of amides is 1. The molecule has 0 aromatic heterocycles. The molecule has 0 N–H and O–H groups in total. The highest BCUT2D eigenvalue weighted by Crippen LogP contribution is 2.39. The molecule has 1 atom stereocenters. The number of nitrogens with zero attached hydrogens (tertiary/aromatic N) is 4. The van der Waals surface area contributed by atoms with Gasteiger partial charge >= 0.3 is 5.97 Å². The molecule has 0 radical (unpaired) electrons. The van der Waals surface area contributed by atoms with Crippen LogP contribution in [0.4, 0.5) is 17.1 Å². The first-order chi connectivity index (χ1) is 14.7. The van der Waals surface area contributed by atoms with Crippen molar-refractivity contribution in [1.82, 2.24) is 4.90 Å². The van der Waals surface area contributed by atoms with Gasteiger partial charge in [-0.15, -0.1) is 0 Å². The third-order valence-electron chi connectivity index (χ3n) is 6.02. The van der Waals surface area contributed by atoms with E-state index >= 15 is 0 Å². The molecule has 0 bridgehead atoms. The fourth-order valence-corrected chi connectivity index (χ4v) is 4.44. The highest BCUT2D eigenvalue weighted by Gasteiger charge is 2.36. The van der Waals surface area contributed by atoms with E-state index in [2.05, 4.69) is 6.92 Å². The van der Waals surface area contributed by atoms with Crippen molar-refractivity contribution >= 4 is 28.9 Å². The van der Waals surface area contributed by atoms with Gasteiger partial charge in [0.15, 0.2) is 0 Å². The molecule has 0 aliphatic carbocycles. The lowest BCUT2D eigenvalue weighted by atomic mass is 9.92. The summed E-state index contributed by atoms with van der Waals surface area (Å²) in [4.78, 5) is 50.1. The Morgan fingerprint density at radius 2 is 1.74 bits per heavy atom. The molecule has 2 saturated heterocycles. The van der Waals surface area contributed by atoms with Crippen molar-refractivity contribution in [3.63, 3.8) is 0 Å². The van der Waals surface area contributed by atoms with Crippen LogP contribution < -0.4 is 4.90 Å². The van der Waals surface area contributed by atoms with Crippen molar-refractivity contribution in [3.8, 4) is 0 Å². The third-order valence-corrected chi connectivity index (χ3v) is 6.02. The molecule has 3 rings (SSSR count). The van der Waals surface area contributed by atoms with Crippen LogP contribution in [-0.4, -0.2) is 59.9 Å². The van der Waals surface area contributed by atoms with Crippen LogP contribution in [0.25, 0.3) is 0 Å². The molecule has 2 aliphatic rings. The van der Waals surface area contributed by atoms with Crippen molar-refractivity contribution in [2.45, 2.75) is 32.6 Å². The summed E-state index contributed by atoms with van der Waals surface area (Å²) in [7, 11) is 1.11. The number of non-ortho nitro benzene ring substituents is 1. The summed E-state index contributed by atoms with van der Waals surface area (Å²) in [6, 6.07) is 1.86. The average molecular weight is 434 g/mol. The van der Waals surface area contributed by atoms with Gasteiger partial charge in [-0.3, -0.25) is 25.0 Å². The van der Waals surface area contributed by atoms with Crippen LogP contribution in [0.5, 0.6) is 0 Å². The molecule has 11 heteroatoms. The Kier molecular flexibility index (Phi) is 6.71. The molecule has 1 aromatic rings. The molecule has 1 aromatic carbocycles. The summed E-state index contributed by atoms with van der Waals surface area (Å²) in [5.74, 6) is -0.483. The van der Waals surface area contributed by atoms with Crippen LogP contribution in [0, 0.1) is 32.1 Å². The van der Waals surface area contributed by atoms with Gasteiger partial charge in [0, 0.05) is 38.2 Å². The summed E-state index contributed by atoms with van der Waals surface area (Å²) in [5, 5.41) is 22.8. The zero-order valence-electron chi connectivity index (χ0n) is 17.6. The second kappa shape index (κ2) is 9.27. The number of hydrogen-bond donors (Lipinski definition) is 0. The zero-order chi connectivity index (χ0) is 22.7. The maximum Gasteiger partial charge on any atom is 0.340 e. The minimum absolute atomic E-state index is 0.0000521. The summed E-state index contributed by atoms with van der Waals surface area (Å²) in [6.07, 6.45) is 3.07. The maximum absolute atomic E-state index is 12.9. The van der Waals surface area contributed by atoms with Gasteiger partial charge in [0.25, 0.3) is 11.4 Å². The summed E-state index contributed by atoms with van der Waals surface area (Å²) >= 11 is 0. The number of methoxy groups -OCH3 is 1. The Hall–Kier alpha value is -3.24. The highest BCUT2D eigenvalue weighted by atomic mass is 16.6. The Morgan fingerprint density at radius 1 is 1.06 bits per heavy atom. The molecule has 0 saturated carbocycles. The molecule has 11 nitrogen and oxygen atoms in total. The summed E-state index contributed by atoms with van der Waals surface area (Å²) in [6.45, 7) is 4.28. The van der Waals surface area contributed by atoms with Gasteiger partial charge in [0.1, 0.15) is 5.69 Å². The van der Waals surface area contributed by atoms with E-state index in [-0.39, 0.29) is 23.1 Å². The summed E-state index contributed by atoms with van der Waals surface area (Å²) in [5.41, 5.74) is -1.30. The number of anilines is 1. The fourth-order valence-electron chi connectivity index (χ4n) is 4.44. The monoisotopic (exact) mass is 434 g/mol. The molecule has 1 amide bonds. The van der Waals surface area contributed by atoms with Crippen molar-refractivity contribution in [3.05, 3.63) is 37.9 Å². The topological polar surface area (TPSA) is 136 Å². The van der Waals surface area contributed by atoms with Crippen molar-refractivity contribution in [1.29, 1.82) is 0 Å². The quantitative estimate of drug-likeness (QED) is 0.392. The smallest absolute Gasteiger partial charge is 0.340 e. The number of nitro benzene ring substituents is 2. The number of ether oxygens (including phenoxy) is 1. The van der Waals surface area contributed by atoms with Gasteiger partial charge in [0.2, 0.25) is 5.91 Å². The molecule has 31 heavy (non-hydrogen) atoms. The molecule has 168 valence electrons. The minimum atomic E-state index is -0.887. The Morgan fingerprint density at radius 3 is 2.29 bits per heavy atom. The lowest BCUT2D eigenvalue weighted by Gasteiger charge is -2.37. The largest absolute Gasteiger partial charge is 0.465 e. The number of esters is 1. The van der Waals surface area contributed by atoms with E-state index in [0.29, 0.717) is 31.8 Å². The van der Waals surface area contributed by atoms with Gasteiger partial charge in [-0.25, -0.2) is 4.79 Å². The predicted octanol–water partition coefficient (Wildman–Crippen LogP) is 2.76. The first kappa shape index (κ1) is 22.4. The second-order valence-electron chi connectivity index (χ2n) is 8.16. The molecular weight excluding hydrogens is 408 g/mol.